The lowest BCUT2D eigenvalue weighted by Crippen LogP contribution is -2.13. The Bertz CT molecular complexity index is 563. The van der Waals surface area contributed by atoms with E-state index in [-0.39, 0.29) is 5.56 Å². The van der Waals surface area contributed by atoms with Crippen molar-refractivity contribution < 1.29 is 26.4 Å². The van der Waals surface area contributed by atoms with Crippen LogP contribution in [0.3, 0.4) is 0 Å². The van der Waals surface area contributed by atoms with Crippen LogP contribution in [0.1, 0.15) is 15.9 Å². The molecule has 0 saturated carbocycles. The first-order valence-electron chi connectivity index (χ1n) is 4.14. The molecule has 0 bridgehead atoms. The molecular formula is C9H6ClF3O3S. The first-order chi connectivity index (χ1) is 7.53. The van der Waals surface area contributed by atoms with Crippen LogP contribution in [0.5, 0.6) is 0 Å². The molecule has 3 nitrogen and oxygen atoms in total. The van der Waals surface area contributed by atoms with Crippen LogP contribution < -0.4 is 0 Å². The molecule has 0 radical (unpaired) electrons. The van der Waals surface area contributed by atoms with Crippen LogP contribution in [0, 0.1) is 0 Å². The van der Waals surface area contributed by atoms with Crippen LogP contribution in [0.4, 0.5) is 13.2 Å². The topological polar surface area (TPSA) is 51.2 Å². The molecule has 0 N–H and O–H groups in total. The predicted molar refractivity (Wildman–Crippen MR) is 54.7 cm³/mol. The summed E-state index contributed by atoms with van der Waals surface area (Å²) in [6, 6.07) is 1.96. The Hall–Kier alpha value is -1.08. The Labute approximate surface area is 100 Å². The van der Waals surface area contributed by atoms with Gasteiger partial charge in [0.15, 0.2) is 9.84 Å². The minimum Gasteiger partial charge on any atom is -0.276 e. The summed E-state index contributed by atoms with van der Waals surface area (Å²) in [5, 5.41) is -1.02. The van der Waals surface area contributed by atoms with Gasteiger partial charge in [-0.2, -0.15) is 13.2 Å². The second-order valence-electron chi connectivity index (χ2n) is 3.25. The Morgan fingerprint density at radius 2 is 1.82 bits per heavy atom. The normalized spacial score (nSPS) is 12.5. The summed E-state index contributed by atoms with van der Waals surface area (Å²) in [6.07, 6.45) is -4.19. The second-order valence-corrected chi connectivity index (χ2v) is 5.58. The third-order valence-corrected chi connectivity index (χ3v) is 3.27. The molecular weight excluding hydrogens is 281 g/mol. The van der Waals surface area contributed by atoms with Gasteiger partial charge in [-0.15, -0.1) is 0 Å². The van der Waals surface area contributed by atoms with Gasteiger partial charge in [0.2, 0.25) is 0 Å². The third-order valence-electron chi connectivity index (χ3n) is 1.91. The van der Waals surface area contributed by atoms with Gasteiger partial charge in [0.05, 0.1) is 10.5 Å². The van der Waals surface area contributed by atoms with Crippen molar-refractivity contribution >= 4 is 26.7 Å². The maximum atomic E-state index is 12.5. The van der Waals surface area contributed by atoms with Crippen LogP contribution in [0.15, 0.2) is 23.1 Å². The zero-order chi connectivity index (χ0) is 13.4. The largest absolute Gasteiger partial charge is 0.417 e. The summed E-state index contributed by atoms with van der Waals surface area (Å²) >= 11 is 5.08. The third kappa shape index (κ3) is 3.19. The summed E-state index contributed by atoms with van der Waals surface area (Å²) in [6.45, 7) is 0. The van der Waals surface area contributed by atoms with Crippen LogP contribution >= 0.6 is 11.6 Å². The fraction of sp³-hybridized carbons (Fsp3) is 0.222. The highest BCUT2D eigenvalue weighted by Crippen LogP contribution is 2.34. The lowest BCUT2D eigenvalue weighted by Gasteiger charge is -2.11. The number of halogens is 4. The van der Waals surface area contributed by atoms with Crippen LogP contribution in [0.25, 0.3) is 0 Å². The number of carbonyl (C=O) groups excluding carboxylic acids is 1. The average Bonchev–Trinajstić information content (AvgIpc) is 2.14. The monoisotopic (exact) mass is 286 g/mol. The van der Waals surface area contributed by atoms with Crippen molar-refractivity contribution in [3.8, 4) is 0 Å². The smallest absolute Gasteiger partial charge is 0.276 e. The van der Waals surface area contributed by atoms with E-state index in [1.165, 1.54) is 0 Å². The highest BCUT2D eigenvalue weighted by atomic mass is 35.5. The molecule has 0 atom stereocenters. The number of sulfone groups is 1. The molecule has 0 aromatic heterocycles. The fourth-order valence-electron chi connectivity index (χ4n) is 1.19. The van der Waals surface area contributed by atoms with Gasteiger partial charge < -0.3 is 0 Å². The predicted octanol–water partition coefficient (Wildman–Crippen LogP) is 2.49. The van der Waals surface area contributed by atoms with E-state index in [0.717, 1.165) is 6.07 Å². The number of alkyl halides is 3. The first kappa shape index (κ1) is 14.0. The van der Waals surface area contributed by atoms with E-state index < -0.39 is 31.7 Å². The molecule has 1 aromatic rings. The summed E-state index contributed by atoms with van der Waals surface area (Å²) in [4.78, 5) is 9.81. The van der Waals surface area contributed by atoms with Gasteiger partial charge in [0.1, 0.15) is 0 Å². The summed E-state index contributed by atoms with van der Waals surface area (Å²) in [5.41, 5.74) is -1.62. The zero-order valence-corrected chi connectivity index (χ0v) is 9.95. The molecule has 0 spiro atoms. The zero-order valence-electron chi connectivity index (χ0n) is 8.38. The molecule has 0 amide bonds. The number of carbonyl (C=O) groups is 1. The molecule has 94 valence electrons. The van der Waals surface area contributed by atoms with E-state index >= 15 is 0 Å². The van der Waals surface area contributed by atoms with E-state index in [9.17, 15) is 26.4 Å². The molecule has 17 heavy (non-hydrogen) atoms. The van der Waals surface area contributed by atoms with Gasteiger partial charge in [-0.1, -0.05) is 0 Å². The Morgan fingerprint density at radius 3 is 2.18 bits per heavy atom. The SMILES string of the molecule is CS(=O)(=O)c1cc(C(=O)Cl)ccc1C(F)(F)F. The Kier molecular flexibility index (Phi) is 3.54. The maximum absolute atomic E-state index is 12.5. The highest BCUT2D eigenvalue weighted by Gasteiger charge is 2.36. The van der Waals surface area contributed by atoms with E-state index in [1.807, 2.05) is 0 Å². The molecule has 0 fully saturated rings. The van der Waals surface area contributed by atoms with Gasteiger partial charge in [0, 0.05) is 11.8 Å². The molecule has 0 heterocycles. The number of benzene rings is 1. The van der Waals surface area contributed by atoms with Gasteiger partial charge >= 0.3 is 6.18 Å². The Balaban J connectivity index is 3.60. The van der Waals surface area contributed by atoms with Gasteiger partial charge in [0.25, 0.3) is 5.24 Å². The quantitative estimate of drug-likeness (QED) is 0.785. The molecule has 0 aliphatic rings. The summed E-state index contributed by atoms with van der Waals surface area (Å²) < 4.78 is 60.0. The molecule has 0 aliphatic carbocycles. The minimum absolute atomic E-state index is 0.305. The fourth-order valence-corrected chi connectivity index (χ4v) is 2.23. The van der Waals surface area contributed by atoms with E-state index in [0.29, 0.717) is 18.4 Å². The minimum atomic E-state index is -4.81. The maximum Gasteiger partial charge on any atom is 0.417 e. The van der Waals surface area contributed by atoms with Crippen molar-refractivity contribution in [3.63, 3.8) is 0 Å². The molecule has 0 saturated heterocycles. The Morgan fingerprint density at radius 1 is 1.29 bits per heavy atom. The van der Waals surface area contributed by atoms with E-state index in [1.54, 1.807) is 0 Å². The van der Waals surface area contributed by atoms with E-state index in [4.69, 9.17) is 11.6 Å². The lowest BCUT2D eigenvalue weighted by atomic mass is 10.1. The number of rotatable bonds is 2. The van der Waals surface area contributed by atoms with E-state index in [2.05, 4.69) is 0 Å². The van der Waals surface area contributed by atoms with Gasteiger partial charge in [-0.25, -0.2) is 8.42 Å². The molecule has 1 aromatic carbocycles. The molecule has 0 aliphatic heterocycles. The van der Waals surface area contributed by atoms with Crippen molar-refractivity contribution in [1.29, 1.82) is 0 Å². The van der Waals surface area contributed by atoms with Crippen molar-refractivity contribution in [1.82, 2.24) is 0 Å². The average molecular weight is 287 g/mol. The summed E-state index contributed by atoms with van der Waals surface area (Å²) in [7, 11) is -4.10. The second kappa shape index (κ2) is 4.30. The molecule has 1 rings (SSSR count). The number of hydrogen-bond donors (Lipinski definition) is 0. The van der Waals surface area contributed by atoms with Gasteiger partial charge in [-0.3, -0.25) is 4.79 Å². The first-order valence-corrected chi connectivity index (χ1v) is 6.41. The van der Waals surface area contributed by atoms with Crippen molar-refractivity contribution in [3.05, 3.63) is 29.3 Å². The van der Waals surface area contributed by atoms with Gasteiger partial charge in [-0.05, 0) is 29.8 Å². The lowest BCUT2D eigenvalue weighted by molar-refractivity contribution is -0.139. The van der Waals surface area contributed by atoms with Crippen LogP contribution in [0.2, 0.25) is 0 Å². The number of hydrogen-bond acceptors (Lipinski definition) is 3. The van der Waals surface area contributed by atoms with Crippen LogP contribution in [-0.4, -0.2) is 19.9 Å². The van der Waals surface area contributed by atoms with Crippen molar-refractivity contribution in [2.75, 3.05) is 6.26 Å². The van der Waals surface area contributed by atoms with Crippen molar-refractivity contribution in [2.45, 2.75) is 11.1 Å². The molecule has 8 heteroatoms. The molecule has 0 unspecified atom stereocenters. The summed E-state index contributed by atoms with van der Waals surface area (Å²) in [5.74, 6) is 0. The highest BCUT2D eigenvalue weighted by molar-refractivity contribution is 7.90. The van der Waals surface area contributed by atoms with Crippen LogP contribution in [-0.2, 0) is 16.0 Å². The standard InChI is InChI=1S/C9H6ClF3O3S/c1-17(15,16)7-4-5(8(10)14)2-3-6(7)9(11,12)13/h2-4H,1H3. The van der Waals surface area contributed by atoms with Crippen molar-refractivity contribution in [2.24, 2.45) is 0 Å².